The van der Waals surface area contributed by atoms with Crippen molar-refractivity contribution in [1.82, 2.24) is 9.88 Å². The van der Waals surface area contributed by atoms with Gasteiger partial charge in [-0.15, -0.1) is 0 Å². The molecule has 0 unspecified atom stereocenters. The fourth-order valence-electron chi connectivity index (χ4n) is 3.78. The third-order valence-corrected chi connectivity index (χ3v) is 5.51. The molecule has 170 valence electrons. The first-order valence-electron chi connectivity index (χ1n) is 11.1. The van der Waals surface area contributed by atoms with Gasteiger partial charge in [0.2, 0.25) is 11.8 Å². The molecule has 1 saturated heterocycles. The number of hydrogen-bond acceptors (Lipinski definition) is 5. The summed E-state index contributed by atoms with van der Waals surface area (Å²) < 4.78 is 5.40. The van der Waals surface area contributed by atoms with Crippen molar-refractivity contribution in [3.8, 4) is 0 Å². The zero-order valence-electron chi connectivity index (χ0n) is 18.5. The van der Waals surface area contributed by atoms with Crippen molar-refractivity contribution in [2.45, 2.75) is 13.0 Å². The molecule has 1 aromatic heterocycles. The minimum Gasteiger partial charge on any atom is -0.378 e. The molecule has 7 nitrogen and oxygen atoms in total. The van der Waals surface area contributed by atoms with E-state index in [1.54, 1.807) is 17.3 Å². The second kappa shape index (κ2) is 11.2. The van der Waals surface area contributed by atoms with Crippen LogP contribution in [0, 0.1) is 0 Å². The molecule has 0 aliphatic carbocycles. The van der Waals surface area contributed by atoms with Gasteiger partial charge in [-0.3, -0.25) is 14.6 Å². The highest BCUT2D eigenvalue weighted by atomic mass is 16.5. The number of nitrogens with zero attached hydrogens (tertiary/aromatic N) is 3. The third kappa shape index (κ3) is 6.63. The smallest absolute Gasteiger partial charge is 0.244 e. The summed E-state index contributed by atoms with van der Waals surface area (Å²) in [6.45, 7) is 3.45. The summed E-state index contributed by atoms with van der Waals surface area (Å²) in [6, 6.07) is 21.0. The molecule has 0 spiro atoms. The summed E-state index contributed by atoms with van der Waals surface area (Å²) in [7, 11) is 0. The first-order valence-corrected chi connectivity index (χ1v) is 11.1. The number of rotatable bonds is 8. The van der Waals surface area contributed by atoms with E-state index in [2.05, 4.69) is 15.2 Å². The Morgan fingerprint density at radius 1 is 0.939 bits per heavy atom. The average Bonchev–Trinajstić information content (AvgIpc) is 2.86. The normalized spacial score (nSPS) is 13.4. The van der Waals surface area contributed by atoms with E-state index in [0.717, 1.165) is 43.1 Å². The number of pyridine rings is 1. The van der Waals surface area contributed by atoms with Crippen LogP contribution >= 0.6 is 0 Å². The van der Waals surface area contributed by atoms with Gasteiger partial charge in [-0.2, -0.15) is 0 Å². The van der Waals surface area contributed by atoms with Gasteiger partial charge in [0, 0.05) is 43.4 Å². The molecule has 0 saturated carbocycles. The van der Waals surface area contributed by atoms with Gasteiger partial charge < -0.3 is 19.9 Å². The molecule has 2 amide bonds. The van der Waals surface area contributed by atoms with E-state index >= 15 is 0 Å². The molecule has 1 N–H and O–H groups in total. The van der Waals surface area contributed by atoms with Crippen molar-refractivity contribution < 1.29 is 14.3 Å². The van der Waals surface area contributed by atoms with E-state index in [9.17, 15) is 9.59 Å². The topological polar surface area (TPSA) is 74.8 Å². The van der Waals surface area contributed by atoms with Crippen molar-refractivity contribution in [1.29, 1.82) is 0 Å². The van der Waals surface area contributed by atoms with Crippen molar-refractivity contribution in [2.24, 2.45) is 0 Å². The Bertz CT molecular complexity index is 1040. The fourth-order valence-corrected chi connectivity index (χ4v) is 3.78. The van der Waals surface area contributed by atoms with Gasteiger partial charge >= 0.3 is 0 Å². The predicted octanol–water partition coefficient (Wildman–Crippen LogP) is 3.13. The van der Waals surface area contributed by atoms with E-state index in [-0.39, 0.29) is 24.8 Å². The number of nitrogens with one attached hydrogen (secondary N) is 1. The van der Waals surface area contributed by atoms with Crippen LogP contribution in [-0.2, 0) is 27.3 Å². The summed E-state index contributed by atoms with van der Waals surface area (Å²) in [4.78, 5) is 33.8. The van der Waals surface area contributed by atoms with Crippen molar-refractivity contribution in [3.05, 3.63) is 90.3 Å². The molecule has 2 heterocycles. The van der Waals surface area contributed by atoms with Gasteiger partial charge in [0.1, 0.15) is 6.54 Å². The molecule has 1 aliphatic heterocycles. The summed E-state index contributed by atoms with van der Waals surface area (Å²) in [5.74, 6) is -0.345. The SMILES string of the molecule is O=C(CN(Cc1cccnc1)C(=O)Cc1ccccc1)Nc1ccc(N2CCOCC2)cc1. The second-order valence-corrected chi connectivity index (χ2v) is 7.97. The van der Waals surface area contributed by atoms with E-state index in [0.29, 0.717) is 12.2 Å². The van der Waals surface area contributed by atoms with Crippen LogP contribution < -0.4 is 10.2 Å². The highest BCUT2D eigenvalue weighted by molar-refractivity contribution is 5.95. The van der Waals surface area contributed by atoms with Crippen molar-refractivity contribution in [3.63, 3.8) is 0 Å². The zero-order valence-corrected chi connectivity index (χ0v) is 18.5. The molecule has 0 radical (unpaired) electrons. The largest absolute Gasteiger partial charge is 0.378 e. The Kier molecular flexibility index (Phi) is 7.66. The monoisotopic (exact) mass is 444 g/mol. The number of carbonyl (C=O) groups excluding carboxylic acids is 2. The van der Waals surface area contributed by atoms with Gasteiger partial charge in [0.15, 0.2) is 0 Å². The molecule has 2 aromatic carbocycles. The number of morpholine rings is 1. The van der Waals surface area contributed by atoms with E-state index in [1.807, 2.05) is 66.7 Å². The summed E-state index contributed by atoms with van der Waals surface area (Å²) in [5, 5.41) is 2.92. The summed E-state index contributed by atoms with van der Waals surface area (Å²) in [6.07, 6.45) is 3.64. The lowest BCUT2D eigenvalue weighted by Gasteiger charge is -2.29. The lowest BCUT2D eigenvalue weighted by molar-refractivity contribution is -0.134. The highest BCUT2D eigenvalue weighted by Gasteiger charge is 2.19. The summed E-state index contributed by atoms with van der Waals surface area (Å²) >= 11 is 0. The Morgan fingerprint density at radius 3 is 2.36 bits per heavy atom. The van der Waals surface area contributed by atoms with Crippen LogP contribution in [0.15, 0.2) is 79.1 Å². The van der Waals surface area contributed by atoms with Crippen LogP contribution in [0.4, 0.5) is 11.4 Å². The highest BCUT2D eigenvalue weighted by Crippen LogP contribution is 2.19. The molecular formula is C26H28N4O3. The average molecular weight is 445 g/mol. The minimum absolute atomic E-state index is 0.0359. The first-order chi connectivity index (χ1) is 16.2. The fraction of sp³-hybridized carbons (Fsp3) is 0.269. The molecule has 7 heteroatoms. The number of benzene rings is 2. The Hall–Kier alpha value is -3.71. The maximum atomic E-state index is 13.0. The van der Waals surface area contributed by atoms with Gasteiger partial charge in [-0.25, -0.2) is 0 Å². The number of hydrogen-bond donors (Lipinski definition) is 1. The number of amides is 2. The van der Waals surface area contributed by atoms with Crippen LogP contribution in [-0.4, -0.2) is 54.5 Å². The van der Waals surface area contributed by atoms with Crippen molar-refractivity contribution in [2.75, 3.05) is 43.1 Å². The molecule has 0 bridgehead atoms. The van der Waals surface area contributed by atoms with Crippen LogP contribution in [0.2, 0.25) is 0 Å². The van der Waals surface area contributed by atoms with E-state index in [1.165, 1.54) is 0 Å². The van der Waals surface area contributed by atoms with Crippen LogP contribution in [0.25, 0.3) is 0 Å². The number of anilines is 2. The molecule has 1 aliphatic rings. The quantitative estimate of drug-likeness (QED) is 0.578. The lowest BCUT2D eigenvalue weighted by atomic mass is 10.1. The molecular weight excluding hydrogens is 416 g/mol. The maximum Gasteiger partial charge on any atom is 0.244 e. The van der Waals surface area contributed by atoms with Gasteiger partial charge in [-0.1, -0.05) is 36.4 Å². The lowest BCUT2D eigenvalue weighted by Crippen LogP contribution is -2.38. The predicted molar refractivity (Wildman–Crippen MR) is 128 cm³/mol. The molecule has 0 atom stereocenters. The van der Waals surface area contributed by atoms with Crippen LogP contribution in [0.1, 0.15) is 11.1 Å². The van der Waals surface area contributed by atoms with Gasteiger partial charge in [-0.05, 0) is 41.5 Å². The minimum atomic E-state index is -0.237. The third-order valence-electron chi connectivity index (χ3n) is 5.51. The van der Waals surface area contributed by atoms with E-state index < -0.39 is 0 Å². The number of carbonyl (C=O) groups is 2. The molecule has 4 rings (SSSR count). The zero-order chi connectivity index (χ0) is 22.9. The number of ether oxygens (including phenoxy) is 1. The van der Waals surface area contributed by atoms with Crippen molar-refractivity contribution >= 4 is 23.2 Å². The second-order valence-electron chi connectivity index (χ2n) is 7.97. The van der Waals surface area contributed by atoms with E-state index in [4.69, 9.17) is 4.74 Å². The molecule has 3 aromatic rings. The van der Waals surface area contributed by atoms with Gasteiger partial charge in [0.25, 0.3) is 0 Å². The Balaban J connectivity index is 1.40. The molecule has 1 fully saturated rings. The molecule has 33 heavy (non-hydrogen) atoms. The number of aromatic nitrogens is 1. The standard InChI is InChI=1S/C26H28N4O3/c31-25(28-23-8-10-24(11-9-23)29-13-15-33-16-14-29)20-30(19-22-7-4-12-27-18-22)26(32)17-21-5-2-1-3-6-21/h1-12,18H,13-17,19-20H2,(H,28,31). The van der Waals surface area contributed by atoms with Gasteiger partial charge in [0.05, 0.1) is 19.6 Å². The Morgan fingerprint density at radius 2 is 1.67 bits per heavy atom. The van der Waals surface area contributed by atoms with Crippen LogP contribution in [0.5, 0.6) is 0 Å². The van der Waals surface area contributed by atoms with Crippen LogP contribution in [0.3, 0.4) is 0 Å². The summed E-state index contributed by atoms with van der Waals surface area (Å²) in [5.41, 5.74) is 3.60. The maximum absolute atomic E-state index is 13.0. The Labute approximate surface area is 194 Å². The first kappa shape index (κ1) is 22.5.